The van der Waals surface area contributed by atoms with Crippen molar-refractivity contribution in [1.29, 1.82) is 0 Å². The number of nitrogens with one attached hydrogen (secondary N) is 1. The maximum Gasteiger partial charge on any atom is 0.343 e. The lowest BCUT2D eigenvalue weighted by molar-refractivity contribution is 0.0524. The molecule has 13 nitrogen and oxygen atoms in total. The van der Waals surface area contributed by atoms with Gasteiger partial charge in [-0.2, -0.15) is 0 Å². The second-order valence-electron chi connectivity index (χ2n) is 18.9. The molecule has 15 heteroatoms. The highest BCUT2D eigenvalue weighted by atomic mass is 32.2. The van der Waals surface area contributed by atoms with Crippen molar-refractivity contribution in [3.63, 3.8) is 0 Å². The van der Waals surface area contributed by atoms with E-state index in [0.29, 0.717) is 68.9 Å². The largest absolute Gasteiger partial charge is 0.462 e. The highest BCUT2D eigenvalue weighted by Crippen LogP contribution is 2.45. The fourth-order valence-electron chi connectivity index (χ4n) is 10.3. The number of carbonyl (C=O) groups excluding carboxylic acids is 2. The van der Waals surface area contributed by atoms with Gasteiger partial charge in [-0.15, -0.1) is 23.5 Å². The molecule has 7 heterocycles. The molecule has 0 spiro atoms. The van der Waals surface area contributed by atoms with Crippen LogP contribution in [0.5, 0.6) is 23.0 Å². The van der Waals surface area contributed by atoms with Gasteiger partial charge >= 0.3 is 5.97 Å². The van der Waals surface area contributed by atoms with Gasteiger partial charge in [-0.25, -0.2) is 4.79 Å². The number of amides is 1. The van der Waals surface area contributed by atoms with Crippen molar-refractivity contribution in [2.45, 2.75) is 53.5 Å². The third-order valence-electron chi connectivity index (χ3n) is 14.1. The van der Waals surface area contributed by atoms with Crippen LogP contribution >= 0.6 is 23.5 Å². The van der Waals surface area contributed by atoms with Gasteiger partial charge < -0.3 is 33.6 Å². The Hall–Kier alpha value is -8.24. The number of esters is 1. The quantitative estimate of drug-likeness (QED) is 0.0917. The molecule has 1 atom stereocenters. The zero-order valence-electron chi connectivity index (χ0n) is 41.7. The lowest BCUT2D eigenvalue weighted by Crippen LogP contribution is -2.34. The Kier molecular flexibility index (Phi) is 13.3. The number of carbonyl (C=O) groups is 2. The Labute approximate surface area is 445 Å². The Morgan fingerprint density at radius 2 is 1.14 bits per heavy atom. The van der Waals surface area contributed by atoms with Gasteiger partial charge in [0.2, 0.25) is 10.9 Å². The number of ether oxygens (including phenoxy) is 3. The van der Waals surface area contributed by atoms with E-state index in [1.54, 1.807) is 55.2 Å². The first-order valence-corrected chi connectivity index (χ1v) is 27.2. The molecule has 0 aliphatic carbocycles. The standard InChI is InChI=1S/C33H30N4O3S.C28H20N2O4S/c1-36-14-6-10-24(36)11-13-35-33(39)27-19-37-28-15-21-7-2-3-8-22(21)16-29(28)40-30-18-25(17-26(31(30)37)32(27)38)41-20-23-9-4-5-12-34-23;1-2-33-28(32)22-15-30-23-11-17-7-3-4-8-18(17)12-24(23)34-25-14-20(13-21(26(25)30)27(22)31)35-16-19-9-5-6-10-29-19/h2-5,7-9,12,15-19,24H,6,10-11,13-14,20H2,1H3,(H,35,39);3-15H,2,16H2,1H3. The molecule has 3 aliphatic rings. The Balaban J connectivity index is 0.000000155. The third-order valence-corrected chi connectivity index (χ3v) is 16.1. The van der Waals surface area contributed by atoms with Crippen LogP contribution in [0.25, 0.3) is 54.7 Å². The summed E-state index contributed by atoms with van der Waals surface area (Å²) < 4.78 is 21.8. The Morgan fingerprint density at radius 1 is 0.645 bits per heavy atom. The average Bonchev–Trinajstić information content (AvgIpc) is 3.99. The number of hydrogen-bond acceptors (Lipinski definition) is 12. The molecular formula is C61H50N6O7S2. The number of likely N-dealkylation sites (tertiary alicyclic amines) is 1. The predicted molar refractivity (Wildman–Crippen MR) is 300 cm³/mol. The van der Waals surface area contributed by atoms with Crippen molar-refractivity contribution in [2.24, 2.45) is 0 Å². The molecule has 1 fully saturated rings. The first-order valence-electron chi connectivity index (χ1n) is 25.3. The summed E-state index contributed by atoms with van der Waals surface area (Å²) in [5.41, 5.74) is 4.22. The fourth-order valence-corrected chi connectivity index (χ4v) is 12.0. The van der Waals surface area contributed by atoms with Crippen LogP contribution in [0.15, 0.2) is 178 Å². The summed E-state index contributed by atoms with van der Waals surface area (Å²) in [6.07, 6.45) is 9.98. The molecule has 1 N–H and O–H groups in total. The molecule has 1 unspecified atom stereocenters. The summed E-state index contributed by atoms with van der Waals surface area (Å²) in [6.45, 7) is 3.53. The van der Waals surface area contributed by atoms with Crippen molar-refractivity contribution in [3.8, 4) is 34.4 Å². The summed E-state index contributed by atoms with van der Waals surface area (Å²) in [5.74, 6) is 2.82. The van der Waals surface area contributed by atoms with E-state index >= 15 is 0 Å². The maximum absolute atomic E-state index is 13.9. The SMILES string of the molecule is CCOC(=O)c1cn2c3c(cc(SCc4ccccn4)cc3c1=O)Oc1cc3ccccc3cc1-2.CN1CCCC1CCNC(=O)c1cn2c3c(cc(SCc4ccccn4)cc3c1=O)Oc1cc3ccccc3cc1-2. The number of thioether (sulfide) groups is 2. The molecule has 0 radical (unpaired) electrons. The number of rotatable bonds is 12. The van der Waals surface area contributed by atoms with Gasteiger partial charge in [0.25, 0.3) is 5.91 Å². The van der Waals surface area contributed by atoms with E-state index in [1.807, 2.05) is 124 Å². The van der Waals surface area contributed by atoms with Crippen LogP contribution in [0, 0.1) is 0 Å². The molecule has 1 amide bonds. The van der Waals surface area contributed by atoms with Gasteiger partial charge in [-0.1, -0.05) is 60.7 Å². The molecule has 1 saturated heterocycles. The van der Waals surface area contributed by atoms with Crippen molar-refractivity contribution in [2.75, 3.05) is 26.7 Å². The first-order chi connectivity index (χ1) is 37.2. The van der Waals surface area contributed by atoms with Crippen LogP contribution < -0.4 is 25.6 Å². The Bertz CT molecular complexity index is 4060. The number of pyridine rings is 4. The summed E-state index contributed by atoms with van der Waals surface area (Å²) in [4.78, 5) is 66.4. The summed E-state index contributed by atoms with van der Waals surface area (Å²) in [6, 6.07) is 43.9. The topological polar surface area (TPSA) is 147 Å². The first kappa shape index (κ1) is 48.7. The zero-order valence-corrected chi connectivity index (χ0v) is 43.3. The normalized spacial score (nSPS) is 14.1. The van der Waals surface area contributed by atoms with Crippen LogP contribution in [0.2, 0.25) is 0 Å². The minimum atomic E-state index is -0.634. The van der Waals surface area contributed by atoms with Crippen molar-refractivity contribution < 1.29 is 23.8 Å². The van der Waals surface area contributed by atoms with Crippen LogP contribution in [0.1, 0.15) is 58.3 Å². The molecule has 4 aromatic heterocycles. The van der Waals surface area contributed by atoms with Crippen molar-refractivity contribution >= 4 is 78.8 Å². The molecule has 378 valence electrons. The van der Waals surface area contributed by atoms with Crippen LogP contribution in [0.4, 0.5) is 0 Å². The van der Waals surface area contributed by atoms with Gasteiger partial charge in [0, 0.05) is 58.7 Å². The van der Waals surface area contributed by atoms with E-state index in [9.17, 15) is 19.2 Å². The molecule has 76 heavy (non-hydrogen) atoms. The van der Waals surface area contributed by atoms with Crippen LogP contribution in [0.3, 0.4) is 0 Å². The van der Waals surface area contributed by atoms with Crippen molar-refractivity contribution in [1.82, 2.24) is 29.3 Å². The van der Waals surface area contributed by atoms with Crippen LogP contribution in [-0.4, -0.2) is 68.7 Å². The number of benzene rings is 6. The highest BCUT2D eigenvalue weighted by molar-refractivity contribution is 7.98. The predicted octanol–water partition coefficient (Wildman–Crippen LogP) is 12.3. The Morgan fingerprint density at radius 3 is 1.63 bits per heavy atom. The third kappa shape index (κ3) is 9.46. The van der Waals surface area contributed by atoms with Gasteiger partial charge in [0.1, 0.15) is 22.2 Å². The van der Waals surface area contributed by atoms with E-state index < -0.39 is 5.97 Å². The van der Waals surface area contributed by atoms with E-state index in [-0.39, 0.29) is 34.5 Å². The molecule has 0 bridgehead atoms. The van der Waals surface area contributed by atoms with E-state index in [0.717, 1.165) is 73.5 Å². The minimum absolute atomic E-state index is 0.00168. The monoisotopic (exact) mass is 1040 g/mol. The second kappa shape index (κ2) is 20.8. The molecule has 6 aromatic carbocycles. The van der Waals surface area contributed by atoms with E-state index in [2.05, 4.69) is 45.4 Å². The molecule has 13 rings (SSSR count). The summed E-state index contributed by atoms with van der Waals surface area (Å²) in [5, 5.41) is 8.09. The van der Waals surface area contributed by atoms with Gasteiger partial charge in [0.15, 0.2) is 23.0 Å². The van der Waals surface area contributed by atoms with Crippen molar-refractivity contribution in [3.05, 3.63) is 201 Å². The number of hydrogen-bond donors (Lipinski definition) is 1. The minimum Gasteiger partial charge on any atom is -0.462 e. The average molecular weight is 1040 g/mol. The molecular weight excluding hydrogens is 993 g/mol. The number of nitrogens with zero attached hydrogens (tertiary/aromatic N) is 5. The van der Waals surface area contributed by atoms with E-state index in [4.69, 9.17) is 14.2 Å². The molecule has 10 aromatic rings. The molecule has 0 saturated carbocycles. The summed E-state index contributed by atoms with van der Waals surface area (Å²) in [7, 11) is 2.13. The van der Waals surface area contributed by atoms with E-state index in [1.165, 1.54) is 6.42 Å². The second-order valence-corrected chi connectivity index (χ2v) is 21.0. The smallest absolute Gasteiger partial charge is 0.343 e. The number of aromatic nitrogens is 4. The number of fused-ring (bicyclic) bond motifs is 6. The van der Waals surface area contributed by atoms with Gasteiger partial charge in [-0.05, 0) is 134 Å². The lowest BCUT2D eigenvalue weighted by Gasteiger charge is -2.25. The summed E-state index contributed by atoms with van der Waals surface area (Å²) >= 11 is 3.15. The lowest BCUT2D eigenvalue weighted by atomic mass is 10.0. The zero-order chi connectivity index (χ0) is 51.9. The van der Waals surface area contributed by atoms with Gasteiger partial charge in [0.05, 0.1) is 40.1 Å². The fraction of sp³-hybridized carbons (Fsp3) is 0.180. The molecule has 3 aliphatic heterocycles. The van der Waals surface area contributed by atoms with Gasteiger partial charge in [-0.3, -0.25) is 24.4 Å². The highest BCUT2D eigenvalue weighted by Gasteiger charge is 2.29. The van der Waals surface area contributed by atoms with Crippen LogP contribution in [-0.2, 0) is 16.2 Å². The maximum atomic E-state index is 13.9.